The Kier molecular flexibility index (Phi) is 9.28. The van der Waals surface area contributed by atoms with Crippen LogP contribution in [-0.4, -0.2) is 70.6 Å². The first kappa shape index (κ1) is 28.6. The number of amides is 1. The van der Waals surface area contributed by atoms with E-state index in [-0.39, 0.29) is 23.2 Å². The Balaban J connectivity index is 0.00000353. The third kappa shape index (κ3) is 6.99. The molecule has 1 amide bonds. The fourth-order valence-corrected chi connectivity index (χ4v) is 6.38. The topological polar surface area (TPSA) is 104 Å². The van der Waals surface area contributed by atoms with E-state index >= 15 is 0 Å². The molecule has 1 saturated heterocycles. The van der Waals surface area contributed by atoms with Crippen molar-refractivity contribution in [3.63, 3.8) is 0 Å². The largest absolute Gasteiger partial charge is 0.497 e. The van der Waals surface area contributed by atoms with E-state index in [0.717, 1.165) is 53.8 Å². The Bertz CT molecular complexity index is 1510. The number of thiazole rings is 1. The zero-order valence-electron chi connectivity index (χ0n) is 21.4. The second kappa shape index (κ2) is 12.6. The van der Waals surface area contributed by atoms with Gasteiger partial charge in [-0.3, -0.25) is 14.4 Å². The molecule has 0 saturated carbocycles. The molecule has 1 fully saturated rings. The van der Waals surface area contributed by atoms with Crippen molar-refractivity contribution in [2.24, 2.45) is 0 Å². The molecular weight excluding hydrogens is 558 g/mol. The summed E-state index contributed by atoms with van der Waals surface area (Å²) in [5, 5.41) is 3.98. The van der Waals surface area contributed by atoms with Crippen LogP contribution >= 0.6 is 23.7 Å². The number of carbonyl (C=O) groups excluding carboxylic acids is 1. The van der Waals surface area contributed by atoms with E-state index < -0.39 is 10.0 Å². The average Bonchev–Trinajstić information content (AvgIpc) is 3.37. The Hall–Kier alpha value is -3.38. The number of benzene rings is 3. The summed E-state index contributed by atoms with van der Waals surface area (Å²) in [7, 11) is -2.01. The number of ether oxygens (including phenoxy) is 1. The highest BCUT2D eigenvalue weighted by molar-refractivity contribution is 7.92. The predicted molar refractivity (Wildman–Crippen MR) is 158 cm³/mol. The number of nitrogens with zero attached hydrogens (tertiary/aromatic N) is 3. The smallest absolute Gasteiger partial charge is 0.261 e. The lowest BCUT2D eigenvalue weighted by Crippen LogP contribution is -2.48. The Morgan fingerprint density at radius 2 is 1.72 bits per heavy atom. The number of sulfonamides is 1. The van der Waals surface area contributed by atoms with Crippen LogP contribution in [0.15, 0.2) is 77.7 Å². The van der Waals surface area contributed by atoms with Gasteiger partial charge in [-0.2, -0.15) is 0 Å². The minimum absolute atomic E-state index is 0. The Morgan fingerprint density at radius 1 is 1.00 bits per heavy atom. The summed E-state index contributed by atoms with van der Waals surface area (Å²) in [6, 6.07) is 20.5. The normalized spacial score (nSPS) is 14.0. The van der Waals surface area contributed by atoms with Gasteiger partial charge in [-0.15, -0.1) is 12.4 Å². The molecule has 0 bridgehead atoms. The lowest BCUT2D eigenvalue weighted by atomic mass is 10.2. The fraction of sp³-hybridized carbons (Fsp3) is 0.259. The van der Waals surface area contributed by atoms with Crippen LogP contribution in [0.1, 0.15) is 10.4 Å². The van der Waals surface area contributed by atoms with Crippen LogP contribution in [0.25, 0.3) is 10.2 Å². The molecule has 0 unspecified atom stereocenters. The highest BCUT2D eigenvalue weighted by atomic mass is 35.5. The molecule has 0 aliphatic carbocycles. The van der Waals surface area contributed by atoms with Crippen LogP contribution in [0.3, 0.4) is 0 Å². The second-order valence-corrected chi connectivity index (χ2v) is 11.6. The number of aromatic nitrogens is 1. The summed E-state index contributed by atoms with van der Waals surface area (Å²) in [5.41, 5.74) is 1.86. The first-order valence-electron chi connectivity index (χ1n) is 12.3. The van der Waals surface area contributed by atoms with Crippen LogP contribution in [0.4, 0.5) is 10.8 Å². The zero-order chi connectivity index (χ0) is 26.5. The third-order valence-corrected chi connectivity index (χ3v) is 8.87. The standard InChI is InChI=1S/C27H29N5O4S2.ClH/c1-36-22-11-12-24-25(19-22)37-27(29-24)32-17-15-31(16-18-32)14-13-28-26(33)20-7-9-21(10-8-20)30-38(34,35)23-5-3-2-4-6-23;/h2-12,19,30H,13-18H2,1H3,(H,28,33);1H. The van der Waals surface area contributed by atoms with Gasteiger partial charge in [0.15, 0.2) is 5.13 Å². The van der Waals surface area contributed by atoms with Crippen molar-refractivity contribution >= 4 is 60.7 Å². The van der Waals surface area contributed by atoms with E-state index in [0.29, 0.717) is 17.8 Å². The molecule has 39 heavy (non-hydrogen) atoms. The number of hydrogen-bond acceptors (Lipinski definition) is 8. The van der Waals surface area contributed by atoms with Gasteiger partial charge in [-0.1, -0.05) is 29.5 Å². The molecular formula is C27H30ClN5O4S2. The number of rotatable bonds is 9. The van der Waals surface area contributed by atoms with Gasteiger partial charge in [0, 0.05) is 50.5 Å². The maximum absolute atomic E-state index is 12.6. The molecule has 0 radical (unpaired) electrons. The number of methoxy groups -OCH3 is 1. The number of carbonyl (C=O) groups is 1. The summed E-state index contributed by atoms with van der Waals surface area (Å²) < 4.78 is 33.9. The molecule has 12 heteroatoms. The van der Waals surface area contributed by atoms with Crippen molar-refractivity contribution in [2.75, 3.05) is 56.0 Å². The summed E-state index contributed by atoms with van der Waals surface area (Å²) in [6.07, 6.45) is 0. The molecule has 1 aliphatic rings. The number of fused-ring (bicyclic) bond motifs is 1. The van der Waals surface area contributed by atoms with Gasteiger partial charge in [0.05, 0.1) is 22.2 Å². The molecule has 1 aliphatic heterocycles. The number of halogens is 1. The summed E-state index contributed by atoms with van der Waals surface area (Å²) >= 11 is 1.68. The molecule has 206 valence electrons. The number of anilines is 2. The van der Waals surface area contributed by atoms with Gasteiger partial charge in [0.25, 0.3) is 15.9 Å². The van der Waals surface area contributed by atoms with Crippen LogP contribution in [0.5, 0.6) is 5.75 Å². The molecule has 5 rings (SSSR count). The molecule has 2 N–H and O–H groups in total. The lowest BCUT2D eigenvalue weighted by molar-refractivity contribution is 0.0948. The van der Waals surface area contributed by atoms with Crippen molar-refractivity contribution in [3.8, 4) is 5.75 Å². The van der Waals surface area contributed by atoms with Gasteiger partial charge in [-0.25, -0.2) is 13.4 Å². The van der Waals surface area contributed by atoms with E-state index in [1.54, 1.807) is 60.9 Å². The van der Waals surface area contributed by atoms with Gasteiger partial charge >= 0.3 is 0 Å². The highest BCUT2D eigenvalue weighted by Crippen LogP contribution is 2.31. The maximum atomic E-state index is 12.6. The molecule has 3 aromatic carbocycles. The van der Waals surface area contributed by atoms with Crippen LogP contribution in [-0.2, 0) is 10.0 Å². The van der Waals surface area contributed by atoms with Gasteiger partial charge in [0.1, 0.15) is 5.75 Å². The lowest BCUT2D eigenvalue weighted by Gasteiger charge is -2.34. The highest BCUT2D eigenvalue weighted by Gasteiger charge is 2.20. The first-order chi connectivity index (χ1) is 18.4. The van der Waals surface area contributed by atoms with E-state index in [4.69, 9.17) is 9.72 Å². The molecule has 9 nitrogen and oxygen atoms in total. The molecule has 0 atom stereocenters. The molecule has 4 aromatic rings. The van der Waals surface area contributed by atoms with Gasteiger partial charge in [0.2, 0.25) is 0 Å². The SMILES string of the molecule is COc1ccc2nc(N3CCN(CCNC(=O)c4ccc(NS(=O)(=O)c5ccccc5)cc4)CC3)sc2c1.Cl. The first-order valence-corrected chi connectivity index (χ1v) is 14.6. The van der Waals surface area contributed by atoms with Crippen molar-refractivity contribution in [1.82, 2.24) is 15.2 Å². The van der Waals surface area contributed by atoms with Crippen molar-refractivity contribution in [3.05, 3.63) is 78.4 Å². The van der Waals surface area contributed by atoms with E-state index in [2.05, 4.69) is 19.8 Å². The summed E-state index contributed by atoms with van der Waals surface area (Å²) in [6.45, 7) is 4.83. The van der Waals surface area contributed by atoms with Crippen LogP contribution < -0.4 is 19.7 Å². The van der Waals surface area contributed by atoms with Crippen molar-refractivity contribution in [2.45, 2.75) is 4.90 Å². The maximum Gasteiger partial charge on any atom is 0.261 e. The minimum atomic E-state index is -3.67. The summed E-state index contributed by atoms with van der Waals surface area (Å²) in [4.78, 5) is 22.2. The van der Waals surface area contributed by atoms with Gasteiger partial charge in [-0.05, 0) is 54.6 Å². The van der Waals surface area contributed by atoms with Crippen molar-refractivity contribution < 1.29 is 17.9 Å². The zero-order valence-corrected chi connectivity index (χ0v) is 23.8. The molecule has 0 spiro atoms. The van der Waals surface area contributed by atoms with Crippen LogP contribution in [0, 0.1) is 0 Å². The number of hydrogen-bond donors (Lipinski definition) is 2. The van der Waals surface area contributed by atoms with Crippen LogP contribution in [0.2, 0.25) is 0 Å². The quantitative estimate of drug-likeness (QED) is 0.304. The van der Waals surface area contributed by atoms with E-state index in [1.807, 2.05) is 18.2 Å². The van der Waals surface area contributed by atoms with Gasteiger partial charge < -0.3 is 15.0 Å². The number of nitrogens with one attached hydrogen (secondary N) is 2. The Morgan fingerprint density at radius 3 is 2.41 bits per heavy atom. The number of piperazine rings is 1. The molecule has 1 aromatic heterocycles. The predicted octanol–water partition coefficient (Wildman–Crippen LogP) is 4.08. The summed E-state index contributed by atoms with van der Waals surface area (Å²) in [5.74, 6) is 0.647. The third-order valence-electron chi connectivity index (χ3n) is 6.39. The second-order valence-electron chi connectivity index (χ2n) is 8.91. The average molecular weight is 588 g/mol. The molecule has 2 heterocycles. The van der Waals surface area contributed by atoms with Crippen molar-refractivity contribution in [1.29, 1.82) is 0 Å². The minimum Gasteiger partial charge on any atom is -0.497 e. The van der Waals surface area contributed by atoms with E-state index in [1.165, 1.54) is 12.1 Å². The Labute approximate surface area is 238 Å². The monoisotopic (exact) mass is 587 g/mol. The fourth-order valence-electron chi connectivity index (χ4n) is 4.25. The van der Waals surface area contributed by atoms with E-state index in [9.17, 15) is 13.2 Å².